The monoisotopic (exact) mass is 339 g/mol. The summed E-state index contributed by atoms with van der Waals surface area (Å²) in [5.41, 5.74) is 7.89. The number of anilines is 1. The average molecular weight is 340 g/mol. The molecule has 2 rings (SSSR count). The highest BCUT2D eigenvalue weighted by Gasteiger charge is 2.23. The molecule has 6 heteroatoms. The highest BCUT2D eigenvalue weighted by Crippen LogP contribution is 2.27. The number of benzene rings is 1. The lowest BCUT2D eigenvalue weighted by atomic mass is 10.2. The first-order chi connectivity index (χ1) is 10.6. The zero-order valence-electron chi connectivity index (χ0n) is 13.6. The van der Waals surface area contributed by atoms with E-state index in [2.05, 4.69) is 11.4 Å². The zero-order chi connectivity index (χ0) is 15.9. The summed E-state index contributed by atoms with van der Waals surface area (Å²) in [7, 11) is 0. The molecule has 1 heterocycles. The van der Waals surface area contributed by atoms with Gasteiger partial charge < -0.3 is 16.0 Å². The molecule has 5 nitrogen and oxygen atoms in total. The highest BCUT2D eigenvalue weighted by molar-refractivity contribution is 5.95. The molecule has 3 N–H and O–H groups in total. The lowest BCUT2D eigenvalue weighted by Gasteiger charge is -2.17. The van der Waals surface area contributed by atoms with Crippen LogP contribution in [-0.2, 0) is 16.0 Å². The molecule has 0 bridgehead atoms. The van der Waals surface area contributed by atoms with Gasteiger partial charge in [0.1, 0.15) is 0 Å². The lowest BCUT2D eigenvalue weighted by Crippen LogP contribution is -2.31. The van der Waals surface area contributed by atoms with Crippen LogP contribution in [0.25, 0.3) is 0 Å². The molecular formula is C17H26ClN3O2. The minimum atomic E-state index is 0. The number of hydrogen-bond donors (Lipinski definition) is 2. The predicted molar refractivity (Wildman–Crippen MR) is 94.9 cm³/mol. The van der Waals surface area contributed by atoms with Crippen molar-refractivity contribution in [3.63, 3.8) is 0 Å². The molecule has 1 aromatic rings. The maximum absolute atomic E-state index is 12.3. The van der Waals surface area contributed by atoms with Crippen molar-refractivity contribution in [2.24, 2.45) is 5.73 Å². The van der Waals surface area contributed by atoms with Crippen LogP contribution in [0.4, 0.5) is 5.69 Å². The maximum atomic E-state index is 12.3. The predicted octanol–water partition coefficient (Wildman–Crippen LogP) is 2.02. The van der Waals surface area contributed by atoms with Crippen molar-refractivity contribution in [1.29, 1.82) is 0 Å². The highest BCUT2D eigenvalue weighted by atomic mass is 35.5. The summed E-state index contributed by atoms with van der Waals surface area (Å²) in [4.78, 5) is 25.7. The third kappa shape index (κ3) is 5.84. The van der Waals surface area contributed by atoms with Crippen molar-refractivity contribution in [2.75, 3.05) is 18.0 Å². The van der Waals surface area contributed by atoms with E-state index in [4.69, 9.17) is 5.73 Å². The molecule has 1 atom stereocenters. The molecule has 0 saturated heterocycles. The Morgan fingerprint density at radius 1 is 1.30 bits per heavy atom. The second-order valence-electron chi connectivity index (χ2n) is 5.89. The fraction of sp³-hybridized carbons (Fsp3) is 0.529. The molecule has 2 amide bonds. The number of rotatable bonds is 7. The van der Waals surface area contributed by atoms with Gasteiger partial charge in [0, 0.05) is 37.7 Å². The van der Waals surface area contributed by atoms with Gasteiger partial charge in [0.15, 0.2) is 0 Å². The summed E-state index contributed by atoms with van der Waals surface area (Å²) in [6.07, 6.45) is 3.19. The minimum Gasteiger partial charge on any atom is -0.356 e. The second-order valence-corrected chi connectivity index (χ2v) is 5.89. The number of carbonyl (C=O) groups is 2. The molecule has 0 fully saturated rings. The smallest absolute Gasteiger partial charge is 0.227 e. The van der Waals surface area contributed by atoms with Crippen LogP contribution in [-0.4, -0.2) is 30.9 Å². The Balaban J connectivity index is 0.00000264. The number of nitrogens with zero attached hydrogens (tertiary/aromatic N) is 1. The van der Waals surface area contributed by atoms with E-state index < -0.39 is 0 Å². The van der Waals surface area contributed by atoms with E-state index in [0.717, 1.165) is 18.7 Å². The number of para-hydroxylation sites is 1. The van der Waals surface area contributed by atoms with E-state index >= 15 is 0 Å². The zero-order valence-corrected chi connectivity index (χ0v) is 14.4. The van der Waals surface area contributed by atoms with Crippen molar-refractivity contribution in [1.82, 2.24) is 5.32 Å². The summed E-state index contributed by atoms with van der Waals surface area (Å²) in [5.74, 6) is 0.144. The number of halogens is 1. The van der Waals surface area contributed by atoms with Crippen LogP contribution in [0, 0.1) is 0 Å². The summed E-state index contributed by atoms with van der Waals surface area (Å²) in [6, 6.07) is 8.08. The van der Waals surface area contributed by atoms with Crippen LogP contribution in [0.15, 0.2) is 24.3 Å². The molecule has 1 unspecified atom stereocenters. The van der Waals surface area contributed by atoms with Gasteiger partial charge in [-0.3, -0.25) is 9.59 Å². The third-order valence-corrected chi connectivity index (χ3v) is 3.90. The van der Waals surface area contributed by atoms with Gasteiger partial charge in [0.25, 0.3) is 0 Å². The van der Waals surface area contributed by atoms with E-state index in [9.17, 15) is 9.59 Å². The topological polar surface area (TPSA) is 75.4 Å². The number of nitrogens with two attached hydrogens (primary N) is 1. The van der Waals surface area contributed by atoms with Crippen molar-refractivity contribution < 1.29 is 9.59 Å². The Morgan fingerprint density at radius 3 is 2.78 bits per heavy atom. The van der Waals surface area contributed by atoms with E-state index in [1.807, 2.05) is 30.0 Å². The Hall–Kier alpha value is -1.59. The van der Waals surface area contributed by atoms with Crippen LogP contribution >= 0.6 is 12.4 Å². The Labute approximate surface area is 144 Å². The van der Waals surface area contributed by atoms with Crippen LogP contribution in [0.1, 0.15) is 38.2 Å². The Bertz CT molecular complexity index is 534. The molecule has 0 aromatic heterocycles. The quantitative estimate of drug-likeness (QED) is 0.746. The van der Waals surface area contributed by atoms with Crippen LogP contribution in [0.3, 0.4) is 0 Å². The second kappa shape index (κ2) is 9.53. The summed E-state index contributed by atoms with van der Waals surface area (Å²) >= 11 is 0. The first kappa shape index (κ1) is 19.5. The molecule has 0 aliphatic carbocycles. The van der Waals surface area contributed by atoms with E-state index in [-0.39, 0.29) is 30.3 Å². The Kier molecular flexibility index (Phi) is 8.06. The summed E-state index contributed by atoms with van der Waals surface area (Å²) in [5, 5.41) is 2.84. The fourth-order valence-corrected chi connectivity index (χ4v) is 2.65. The van der Waals surface area contributed by atoms with E-state index in [1.165, 1.54) is 5.56 Å². The van der Waals surface area contributed by atoms with Crippen molar-refractivity contribution in [3.05, 3.63) is 29.8 Å². The summed E-state index contributed by atoms with van der Waals surface area (Å²) in [6.45, 7) is 3.19. The molecule has 0 saturated carbocycles. The molecular weight excluding hydrogens is 314 g/mol. The summed E-state index contributed by atoms with van der Waals surface area (Å²) < 4.78 is 0. The van der Waals surface area contributed by atoms with Gasteiger partial charge in [-0.25, -0.2) is 0 Å². The molecule has 128 valence electrons. The van der Waals surface area contributed by atoms with Crippen molar-refractivity contribution in [3.8, 4) is 0 Å². The Morgan fingerprint density at radius 2 is 2.04 bits per heavy atom. The maximum Gasteiger partial charge on any atom is 0.227 e. The molecule has 1 aliphatic rings. The van der Waals surface area contributed by atoms with Crippen molar-refractivity contribution in [2.45, 2.75) is 45.1 Å². The molecule has 1 aliphatic heterocycles. The SMILES string of the molecule is CC(N)CCC(=O)NCCCC(=O)N1CCc2ccccc21.Cl. The van der Waals surface area contributed by atoms with E-state index in [1.54, 1.807) is 0 Å². The van der Waals surface area contributed by atoms with Gasteiger partial charge in [0.2, 0.25) is 11.8 Å². The van der Waals surface area contributed by atoms with Crippen LogP contribution < -0.4 is 16.0 Å². The average Bonchev–Trinajstić information content (AvgIpc) is 2.93. The van der Waals surface area contributed by atoms with Gasteiger partial charge in [0.05, 0.1) is 0 Å². The fourth-order valence-electron chi connectivity index (χ4n) is 2.65. The van der Waals surface area contributed by atoms with Gasteiger partial charge >= 0.3 is 0 Å². The van der Waals surface area contributed by atoms with Gasteiger partial charge in [-0.1, -0.05) is 18.2 Å². The number of nitrogens with one attached hydrogen (secondary N) is 1. The largest absolute Gasteiger partial charge is 0.356 e. The standard InChI is InChI=1S/C17H25N3O2.ClH/c1-13(18)8-9-16(21)19-11-4-7-17(22)20-12-10-14-5-2-3-6-15(14)20;/h2-3,5-6,13H,4,7-12,18H2,1H3,(H,19,21);1H. The first-order valence-corrected chi connectivity index (χ1v) is 7.98. The normalized spacial score (nSPS) is 13.9. The third-order valence-electron chi connectivity index (χ3n) is 3.90. The van der Waals surface area contributed by atoms with Gasteiger partial charge in [-0.15, -0.1) is 12.4 Å². The number of fused-ring (bicyclic) bond motifs is 1. The molecule has 0 spiro atoms. The number of amides is 2. The van der Waals surface area contributed by atoms with Gasteiger partial charge in [-0.2, -0.15) is 0 Å². The molecule has 1 aromatic carbocycles. The number of carbonyl (C=O) groups excluding carboxylic acids is 2. The molecule has 0 radical (unpaired) electrons. The first-order valence-electron chi connectivity index (χ1n) is 7.98. The van der Waals surface area contributed by atoms with E-state index in [0.29, 0.717) is 32.2 Å². The van der Waals surface area contributed by atoms with Crippen LogP contribution in [0.2, 0.25) is 0 Å². The van der Waals surface area contributed by atoms with Crippen LogP contribution in [0.5, 0.6) is 0 Å². The molecule has 23 heavy (non-hydrogen) atoms. The minimum absolute atomic E-state index is 0. The lowest BCUT2D eigenvalue weighted by molar-refractivity contribution is -0.122. The van der Waals surface area contributed by atoms with Gasteiger partial charge in [-0.05, 0) is 37.8 Å². The van der Waals surface area contributed by atoms with Crippen molar-refractivity contribution >= 4 is 29.9 Å². The number of hydrogen-bond acceptors (Lipinski definition) is 3.